The normalized spacial score (nSPS) is 23.8. The van der Waals surface area contributed by atoms with E-state index >= 15 is 0 Å². The Balaban J connectivity index is 1.64. The maximum atomic E-state index is 12.3. The van der Waals surface area contributed by atoms with E-state index in [0.29, 0.717) is 57.7 Å². The van der Waals surface area contributed by atoms with E-state index in [2.05, 4.69) is 10.2 Å². The molecule has 7 nitrogen and oxygen atoms in total. The van der Waals surface area contributed by atoms with Crippen LogP contribution in [0.4, 0.5) is 11.4 Å². The van der Waals surface area contributed by atoms with Gasteiger partial charge in [0, 0.05) is 32.4 Å². The number of anilines is 2. The van der Waals surface area contributed by atoms with Gasteiger partial charge in [0.05, 0.1) is 17.9 Å². The number of piperidine rings is 2. The molecule has 0 aliphatic carbocycles. The van der Waals surface area contributed by atoms with Gasteiger partial charge in [-0.15, -0.1) is 0 Å². The zero-order chi connectivity index (χ0) is 17.4. The summed E-state index contributed by atoms with van der Waals surface area (Å²) >= 11 is 0. The topological polar surface area (TPSA) is 79.0 Å². The second kappa shape index (κ2) is 6.38. The van der Waals surface area contributed by atoms with Crippen molar-refractivity contribution in [1.82, 2.24) is 5.32 Å². The molecular weight excluding hydrogens is 322 g/mol. The van der Waals surface area contributed by atoms with Crippen molar-refractivity contribution in [2.45, 2.75) is 31.7 Å². The van der Waals surface area contributed by atoms with Gasteiger partial charge in [-0.1, -0.05) is 6.07 Å². The summed E-state index contributed by atoms with van der Waals surface area (Å²) < 4.78 is 5.95. The van der Waals surface area contributed by atoms with E-state index in [4.69, 9.17) is 4.74 Å². The van der Waals surface area contributed by atoms with E-state index in [1.807, 2.05) is 23.1 Å². The first-order chi connectivity index (χ1) is 12.1. The van der Waals surface area contributed by atoms with Crippen LogP contribution in [0.2, 0.25) is 0 Å². The Morgan fingerprint density at radius 2 is 1.76 bits per heavy atom. The van der Waals surface area contributed by atoms with Crippen molar-refractivity contribution in [3.8, 4) is 5.75 Å². The highest BCUT2D eigenvalue weighted by Gasteiger charge is 2.35. The minimum Gasteiger partial charge on any atom is -0.487 e. The zero-order valence-electron chi connectivity index (χ0n) is 14.0. The number of hydrogen-bond donors (Lipinski definition) is 1. The Labute approximate surface area is 145 Å². The molecule has 1 aromatic rings. The second-order valence-electron chi connectivity index (χ2n) is 6.66. The highest BCUT2D eigenvalue weighted by Crippen LogP contribution is 2.42. The SMILES string of the molecule is O=C1CCN(c2cccc3c2OCCN3[C@@H]2CCC(=O)NC2=O)CC1. The van der Waals surface area contributed by atoms with E-state index in [-0.39, 0.29) is 17.9 Å². The number of ketones is 1. The Kier molecular flexibility index (Phi) is 4.07. The number of nitrogens with zero attached hydrogens (tertiary/aromatic N) is 2. The third kappa shape index (κ3) is 2.94. The summed E-state index contributed by atoms with van der Waals surface area (Å²) in [5.41, 5.74) is 1.86. The van der Waals surface area contributed by atoms with Gasteiger partial charge in [-0.25, -0.2) is 0 Å². The van der Waals surface area contributed by atoms with E-state index in [1.54, 1.807) is 0 Å². The fourth-order valence-electron chi connectivity index (χ4n) is 3.80. The van der Waals surface area contributed by atoms with E-state index in [0.717, 1.165) is 17.1 Å². The smallest absolute Gasteiger partial charge is 0.249 e. The molecule has 7 heteroatoms. The second-order valence-corrected chi connectivity index (χ2v) is 6.66. The van der Waals surface area contributed by atoms with Crippen molar-refractivity contribution in [1.29, 1.82) is 0 Å². The Morgan fingerprint density at radius 1 is 1.00 bits per heavy atom. The van der Waals surface area contributed by atoms with Gasteiger partial charge >= 0.3 is 0 Å². The lowest BCUT2D eigenvalue weighted by atomic mass is 10.0. The fraction of sp³-hybridized carbons (Fsp3) is 0.500. The summed E-state index contributed by atoms with van der Waals surface area (Å²) in [6, 6.07) is 5.57. The first-order valence-electron chi connectivity index (χ1n) is 8.76. The lowest BCUT2D eigenvalue weighted by Gasteiger charge is -2.40. The van der Waals surface area contributed by atoms with Crippen LogP contribution in [-0.2, 0) is 14.4 Å². The van der Waals surface area contributed by atoms with Gasteiger partial charge < -0.3 is 14.5 Å². The van der Waals surface area contributed by atoms with Gasteiger partial charge in [0.25, 0.3) is 0 Å². The van der Waals surface area contributed by atoms with E-state index in [9.17, 15) is 14.4 Å². The van der Waals surface area contributed by atoms with Crippen LogP contribution in [0.3, 0.4) is 0 Å². The van der Waals surface area contributed by atoms with Crippen molar-refractivity contribution >= 4 is 29.0 Å². The van der Waals surface area contributed by atoms with Crippen LogP contribution in [0.15, 0.2) is 18.2 Å². The maximum Gasteiger partial charge on any atom is 0.249 e. The van der Waals surface area contributed by atoms with Gasteiger partial charge in [0.1, 0.15) is 18.4 Å². The fourth-order valence-corrected chi connectivity index (χ4v) is 3.80. The van der Waals surface area contributed by atoms with Gasteiger partial charge in [-0.3, -0.25) is 19.7 Å². The highest BCUT2D eigenvalue weighted by atomic mass is 16.5. The van der Waals surface area contributed by atoms with Crippen LogP contribution in [0, 0.1) is 0 Å². The average Bonchev–Trinajstić information content (AvgIpc) is 2.62. The molecule has 0 aromatic heterocycles. The Bertz CT molecular complexity index is 723. The lowest BCUT2D eigenvalue weighted by molar-refractivity contribution is -0.134. The largest absolute Gasteiger partial charge is 0.487 e. The number of fused-ring (bicyclic) bond motifs is 1. The van der Waals surface area contributed by atoms with E-state index in [1.165, 1.54) is 0 Å². The van der Waals surface area contributed by atoms with Crippen LogP contribution in [-0.4, -0.2) is 49.9 Å². The van der Waals surface area contributed by atoms with Crippen LogP contribution in [0.25, 0.3) is 0 Å². The molecule has 1 aromatic carbocycles. The van der Waals surface area contributed by atoms with Crippen LogP contribution in [0.1, 0.15) is 25.7 Å². The number of rotatable bonds is 2. The van der Waals surface area contributed by atoms with Crippen LogP contribution in [0.5, 0.6) is 5.75 Å². The summed E-state index contributed by atoms with van der Waals surface area (Å²) in [5.74, 6) is 0.625. The molecule has 2 amide bonds. The van der Waals surface area contributed by atoms with Crippen molar-refractivity contribution < 1.29 is 19.1 Å². The molecule has 0 radical (unpaired) electrons. The molecule has 1 N–H and O–H groups in total. The molecule has 2 saturated heterocycles. The number of hydrogen-bond acceptors (Lipinski definition) is 6. The third-order valence-electron chi connectivity index (χ3n) is 5.11. The first-order valence-corrected chi connectivity index (χ1v) is 8.76. The molecular formula is C18H21N3O4. The van der Waals surface area contributed by atoms with Gasteiger partial charge in [-0.2, -0.15) is 0 Å². The first kappa shape index (κ1) is 15.9. The molecule has 2 fully saturated rings. The van der Waals surface area contributed by atoms with Crippen molar-refractivity contribution in [3.05, 3.63) is 18.2 Å². The number of para-hydroxylation sites is 1. The minimum absolute atomic E-state index is 0.207. The molecule has 1 atom stereocenters. The molecule has 0 unspecified atom stereocenters. The number of Topliss-reactive ketones (excluding diaryl/α,β-unsaturated/α-hetero) is 1. The molecule has 0 bridgehead atoms. The Morgan fingerprint density at radius 3 is 2.52 bits per heavy atom. The molecule has 3 heterocycles. The molecule has 0 saturated carbocycles. The lowest BCUT2D eigenvalue weighted by Crippen LogP contribution is -2.54. The number of nitrogens with one attached hydrogen (secondary N) is 1. The monoisotopic (exact) mass is 343 g/mol. The predicted molar refractivity (Wildman–Crippen MR) is 91.9 cm³/mol. The highest BCUT2D eigenvalue weighted by molar-refractivity contribution is 6.02. The van der Waals surface area contributed by atoms with Gasteiger partial charge in [-0.05, 0) is 18.6 Å². The number of amides is 2. The van der Waals surface area contributed by atoms with E-state index < -0.39 is 0 Å². The average molecular weight is 343 g/mol. The molecule has 132 valence electrons. The summed E-state index contributed by atoms with van der Waals surface area (Å²) in [7, 11) is 0. The number of imide groups is 1. The minimum atomic E-state index is -0.349. The summed E-state index contributed by atoms with van der Waals surface area (Å²) in [4.78, 5) is 39.4. The molecule has 0 spiro atoms. The summed E-state index contributed by atoms with van der Waals surface area (Å²) in [5, 5.41) is 2.43. The zero-order valence-corrected chi connectivity index (χ0v) is 14.0. The molecule has 25 heavy (non-hydrogen) atoms. The van der Waals surface area contributed by atoms with Crippen LogP contribution < -0.4 is 19.9 Å². The van der Waals surface area contributed by atoms with Gasteiger partial charge in [0.2, 0.25) is 11.8 Å². The van der Waals surface area contributed by atoms with Crippen LogP contribution >= 0.6 is 0 Å². The number of carbonyl (C=O) groups is 3. The molecule has 3 aliphatic rings. The molecule has 3 aliphatic heterocycles. The Hall–Kier alpha value is -2.57. The third-order valence-corrected chi connectivity index (χ3v) is 5.11. The predicted octanol–water partition coefficient (Wildman–Crippen LogP) is 0.860. The quantitative estimate of drug-likeness (QED) is 0.803. The van der Waals surface area contributed by atoms with Crippen molar-refractivity contribution in [2.24, 2.45) is 0 Å². The summed E-state index contributed by atoms with van der Waals surface area (Å²) in [6.45, 7) is 2.49. The maximum absolute atomic E-state index is 12.3. The van der Waals surface area contributed by atoms with Crippen molar-refractivity contribution in [3.63, 3.8) is 0 Å². The number of ether oxygens (including phenoxy) is 1. The standard InChI is InChI=1S/C18H21N3O4/c22-12-6-8-20(9-7-12)13-2-1-3-14-17(13)25-11-10-21(14)15-4-5-16(23)19-18(15)24/h1-3,15H,4-11H2,(H,19,23,24)/t15-/m1/s1. The molecule has 4 rings (SSSR count). The summed E-state index contributed by atoms with van der Waals surface area (Å²) in [6.07, 6.45) is 1.99. The number of carbonyl (C=O) groups excluding carboxylic acids is 3. The van der Waals surface area contributed by atoms with Crippen molar-refractivity contribution in [2.75, 3.05) is 36.0 Å². The van der Waals surface area contributed by atoms with Gasteiger partial charge in [0.15, 0.2) is 5.75 Å². The number of benzene rings is 1.